The van der Waals surface area contributed by atoms with Gasteiger partial charge in [-0.25, -0.2) is 4.99 Å². The number of nitrogens with two attached hydrogens (primary N) is 1. The lowest BCUT2D eigenvalue weighted by Crippen LogP contribution is -2.48. The molecule has 0 saturated carbocycles. The molecule has 3 rings (SSSR count). The molecule has 160 valence electrons. The van der Waals surface area contributed by atoms with E-state index < -0.39 is 5.91 Å². The predicted molar refractivity (Wildman–Crippen MR) is 117 cm³/mol. The third kappa shape index (κ3) is 5.97. The normalized spacial score (nSPS) is 16.9. The fourth-order valence-electron chi connectivity index (χ4n) is 3.46. The molecule has 30 heavy (non-hydrogen) atoms. The number of nitrogens with one attached hydrogen (secondary N) is 1. The van der Waals surface area contributed by atoms with Gasteiger partial charge < -0.3 is 25.4 Å². The molecular formula is C23H30N4O3. The van der Waals surface area contributed by atoms with Crippen LogP contribution < -0.4 is 15.8 Å². The molecule has 1 atom stereocenters. The number of aliphatic imine (C=N–C) groups is 1. The van der Waals surface area contributed by atoms with Crippen molar-refractivity contribution in [2.45, 2.75) is 26.5 Å². The summed E-state index contributed by atoms with van der Waals surface area (Å²) in [7, 11) is 0. The Morgan fingerprint density at radius 3 is 2.90 bits per heavy atom. The number of morpholine rings is 1. The van der Waals surface area contributed by atoms with Gasteiger partial charge in [0.05, 0.1) is 19.7 Å². The fraction of sp³-hybridized carbons (Fsp3) is 0.391. The smallest absolute Gasteiger partial charge is 0.255 e. The van der Waals surface area contributed by atoms with Gasteiger partial charge in [0.25, 0.3) is 5.91 Å². The first-order valence-electron chi connectivity index (χ1n) is 10.3. The second-order valence-corrected chi connectivity index (χ2v) is 7.23. The molecule has 1 amide bonds. The number of rotatable bonds is 7. The topological polar surface area (TPSA) is 89.2 Å². The molecule has 0 aromatic heterocycles. The van der Waals surface area contributed by atoms with Gasteiger partial charge in [0.15, 0.2) is 12.6 Å². The molecule has 7 nitrogen and oxygen atoms in total. The molecule has 2 aromatic carbocycles. The molecule has 1 aliphatic heterocycles. The molecule has 1 heterocycles. The van der Waals surface area contributed by atoms with E-state index in [-0.39, 0.29) is 12.7 Å². The Morgan fingerprint density at radius 1 is 1.30 bits per heavy atom. The highest BCUT2D eigenvalue weighted by Gasteiger charge is 2.25. The number of benzene rings is 2. The van der Waals surface area contributed by atoms with Crippen molar-refractivity contribution in [3.63, 3.8) is 0 Å². The van der Waals surface area contributed by atoms with Crippen LogP contribution in [-0.4, -0.2) is 49.6 Å². The highest BCUT2D eigenvalue weighted by atomic mass is 16.5. The van der Waals surface area contributed by atoms with Crippen LogP contribution >= 0.6 is 0 Å². The minimum Gasteiger partial charge on any atom is -0.484 e. The highest BCUT2D eigenvalue weighted by Crippen LogP contribution is 2.25. The summed E-state index contributed by atoms with van der Waals surface area (Å²) in [6.07, 6.45) is 0.0225. The Balaban J connectivity index is 1.70. The van der Waals surface area contributed by atoms with Gasteiger partial charge in [0.1, 0.15) is 11.9 Å². The zero-order valence-electron chi connectivity index (χ0n) is 17.6. The predicted octanol–water partition coefficient (Wildman–Crippen LogP) is 2.40. The van der Waals surface area contributed by atoms with Crippen molar-refractivity contribution in [3.8, 4) is 5.75 Å². The molecular weight excluding hydrogens is 380 g/mol. The van der Waals surface area contributed by atoms with Crippen molar-refractivity contribution >= 4 is 11.9 Å². The summed E-state index contributed by atoms with van der Waals surface area (Å²) in [5.41, 5.74) is 8.60. The second-order valence-electron chi connectivity index (χ2n) is 7.23. The molecule has 1 aliphatic rings. The van der Waals surface area contributed by atoms with E-state index >= 15 is 0 Å². The fourth-order valence-corrected chi connectivity index (χ4v) is 3.46. The first-order chi connectivity index (χ1) is 14.6. The van der Waals surface area contributed by atoms with Gasteiger partial charge in [0, 0.05) is 13.1 Å². The molecule has 1 fully saturated rings. The van der Waals surface area contributed by atoms with Crippen LogP contribution in [0.1, 0.15) is 29.7 Å². The van der Waals surface area contributed by atoms with Crippen molar-refractivity contribution in [1.82, 2.24) is 10.2 Å². The average Bonchev–Trinajstić information content (AvgIpc) is 2.76. The standard InChI is InChI=1S/C23H30N4O3/c1-3-25-23(26-14-18-8-6-9-19(13-18)30-16-22(24)28)27-11-12-29-21(15-27)20-10-5-4-7-17(20)2/h4-10,13,21H,3,11-12,14-16H2,1-2H3,(H2,24,28)(H,25,26). The number of primary amides is 1. The van der Waals surface area contributed by atoms with Gasteiger partial charge in [-0.3, -0.25) is 4.79 Å². The minimum atomic E-state index is -0.497. The molecule has 1 saturated heterocycles. The first kappa shape index (κ1) is 21.6. The third-order valence-electron chi connectivity index (χ3n) is 4.93. The number of ether oxygens (including phenoxy) is 2. The van der Waals surface area contributed by atoms with E-state index in [1.165, 1.54) is 11.1 Å². The van der Waals surface area contributed by atoms with Crippen molar-refractivity contribution in [2.24, 2.45) is 10.7 Å². The maximum atomic E-state index is 10.9. The first-order valence-corrected chi connectivity index (χ1v) is 10.3. The minimum absolute atomic E-state index is 0.0225. The number of hydrogen-bond acceptors (Lipinski definition) is 4. The van der Waals surface area contributed by atoms with E-state index in [0.29, 0.717) is 18.9 Å². The lowest BCUT2D eigenvalue weighted by Gasteiger charge is -2.35. The van der Waals surface area contributed by atoms with Crippen molar-refractivity contribution in [1.29, 1.82) is 0 Å². The largest absolute Gasteiger partial charge is 0.484 e. The number of hydrogen-bond donors (Lipinski definition) is 2. The lowest BCUT2D eigenvalue weighted by molar-refractivity contribution is -0.119. The highest BCUT2D eigenvalue weighted by molar-refractivity contribution is 5.80. The summed E-state index contributed by atoms with van der Waals surface area (Å²) >= 11 is 0. The van der Waals surface area contributed by atoms with Crippen LogP contribution in [-0.2, 0) is 16.1 Å². The van der Waals surface area contributed by atoms with Gasteiger partial charge in [-0.2, -0.15) is 0 Å². The zero-order chi connectivity index (χ0) is 21.3. The molecule has 0 radical (unpaired) electrons. The van der Waals surface area contributed by atoms with Gasteiger partial charge in [-0.05, 0) is 42.7 Å². The van der Waals surface area contributed by atoms with E-state index in [1.54, 1.807) is 6.07 Å². The average molecular weight is 411 g/mol. The van der Waals surface area contributed by atoms with E-state index in [1.807, 2.05) is 24.3 Å². The van der Waals surface area contributed by atoms with Gasteiger partial charge in [0.2, 0.25) is 0 Å². The number of aryl methyl sites for hydroxylation is 1. The molecule has 3 N–H and O–H groups in total. The quantitative estimate of drug-likeness (QED) is 0.540. The summed E-state index contributed by atoms with van der Waals surface area (Å²) in [5, 5.41) is 3.39. The third-order valence-corrected chi connectivity index (χ3v) is 4.93. The van der Waals surface area contributed by atoms with Crippen molar-refractivity contribution in [2.75, 3.05) is 32.8 Å². The van der Waals surface area contributed by atoms with Gasteiger partial charge in [-0.1, -0.05) is 36.4 Å². The Labute approximate surface area is 177 Å². The Bertz CT molecular complexity index is 884. The van der Waals surface area contributed by atoms with Crippen LogP contribution in [0.25, 0.3) is 0 Å². The van der Waals surface area contributed by atoms with Crippen LogP contribution in [0.15, 0.2) is 53.5 Å². The van der Waals surface area contributed by atoms with Crippen LogP contribution in [0, 0.1) is 6.92 Å². The van der Waals surface area contributed by atoms with Crippen molar-refractivity contribution in [3.05, 3.63) is 65.2 Å². The Kier molecular flexibility index (Phi) is 7.68. The van der Waals surface area contributed by atoms with Gasteiger partial charge >= 0.3 is 0 Å². The number of amides is 1. The van der Waals surface area contributed by atoms with E-state index in [9.17, 15) is 4.79 Å². The molecule has 0 spiro atoms. The number of nitrogens with zero attached hydrogens (tertiary/aromatic N) is 2. The number of carbonyl (C=O) groups excluding carboxylic acids is 1. The maximum Gasteiger partial charge on any atom is 0.255 e. The second kappa shape index (κ2) is 10.6. The summed E-state index contributed by atoms with van der Waals surface area (Å²) < 4.78 is 11.4. The molecule has 0 bridgehead atoms. The summed E-state index contributed by atoms with van der Waals surface area (Å²) in [6.45, 7) is 7.52. The van der Waals surface area contributed by atoms with Crippen molar-refractivity contribution < 1.29 is 14.3 Å². The summed E-state index contributed by atoms with van der Waals surface area (Å²) in [4.78, 5) is 18.0. The Morgan fingerprint density at radius 2 is 2.13 bits per heavy atom. The monoisotopic (exact) mass is 410 g/mol. The van der Waals surface area contributed by atoms with E-state index in [0.717, 1.165) is 31.2 Å². The molecule has 0 aliphatic carbocycles. The summed E-state index contributed by atoms with van der Waals surface area (Å²) in [6, 6.07) is 15.9. The maximum absolute atomic E-state index is 10.9. The van der Waals surface area contributed by atoms with E-state index in [2.05, 4.69) is 42.3 Å². The zero-order valence-corrected chi connectivity index (χ0v) is 17.6. The van der Waals surface area contributed by atoms with Crippen LogP contribution in [0.5, 0.6) is 5.75 Å². The molecule has 1 unspecified atom stereocenters. The number of guanidine groups is 1. The van der Waals surface area contributed by atoms with Gasteiger partial charge in [-0.15, -0.1) is 0 Å². The molecule has 7 heteroatoms. The molecule has 2 aromatic rings. The SMILES string of the molecule is CCNC(=NCc1cccc(OCC(N)=O)c1)N1CCOC(c2ccccc2C)C1. The number of carbonyl (C=O) groups is 1. The van der Waals surface area contributed by atoms with Crippen LogP contribution in [0.4, 0.5) is 0 Å². The van der Waals surface area contributed by atoms with Crippen LogP contribution in [0.2, 0.25) is 0 Å². The lowest BCUT2D eigenvalue weighted by atomic mass is 10.0. The summed E-state index contributed by atoms with van der Waals surface area (Å²) in [5.74, 6) is 0.976. The Hall–Kier alpha value is -3.06. The van der Waals surface area contributed by atoms with Crippen LogP contribution in [0.3, 0.4) is 0 Å². The van der Waals surface area contributed by atoms with E-state index in [4.69, 9.17) is 20.2 Å².